The summed E-state index contributed by atoms with van der Waals surface area (Å²) in [5.41, 5.74) is 0.968. The first-order valence-electron chi connectivity index (χ1n) is 6.87. The smallest absolute Gasteiger partial charge is 0.260 e. The summed E-state index contributed by atoms with van der Waals surface area (Å²) in [5.74, 6) is 0.899. The van der Waals surface area contributed by atoms with Crippen molar-refractivity contribution in [3.05, 3.63) is 20.8 Å². The van der Waals surface area contributed by atoms with Crippen molar-refractivity contribution in [3.63, 3.8) is 0 Å². The van der Waals surface area contributed by atoms with Crippen molar-refractivity contribution in [3.8, 4) is 0 Å². The first-order valence-corrected chi connectivity index (χ1v) is 8.68. The van der Waals surface area contributed by atoms with E-state index in [1.807, 2.05) is 0 Å². The number of nitrogens with one attached hydrogen (secondary N) is 1. The van der Waals surface area contributed by atoms with Crippen molar-refractivity contribution >= 4 is 33.3 Å². The third-order valence-electron chi connectivity index (χ3n) is 3.85. The molecule has 0 saturated carbocycles. The van der Waals surface area contributed by atoms with Gasteiger partial charge in [-0.05, 0) is 24.7 Å². The number of ether oxygens (including phenoxy) is 1. The van der Waals surface area contributed by atoms with Gasteiger partial charge in [-0.1, -0.05) is 25.6 Å². The predicted octanol–water partition coefficient (Wildman–Crippen LogP) is 3.34. The lowest BCUT2D eigenvalue weighted by Crippen LogP contribution is -2.34. The maximum Gasteiger partial charge on any atom is 0.260 e. The molecule has 0 saturated heterocycles. The van der Waals surface area contributed by atoms with Gasteiger partial charge in [-0.3, -0.25) is 4.79 Å². The van der Waals surface area contributed by atoms with Gasteiger partial charge in [-0.25, -0.2) is 4.98 Å². The first kappa shape index (κ1) is 14.1. The molecule has 0 radical (unpaired) electrons. The third-order valence-corrected chi connectivity index (χ3v) is 5.71. The van der Waals surface area contributed by atoms with Crippen LogP contribution in [0.3, 0.4) is 0 Å². The quantitative estimate of drug-likeness (QED) is 0.698. The second-order valence-corrected chi connectivity index (χ2v) is 7.59. The molecule has 1 aliphatic heterocycles. The molecule has 0 amide bonds. The molecule has 0 fully saturated rings. The van der Waals surface area contributed by atoms with Gasteiger partial charge in [-0.15, -0.1) is 11.3 Å². The molecule has 0 unspecified atom stereocenters. The van der Waals surface area contributed by atoms with E-state index in [0.717, 1.165) is 39.3 Å². The van der Waals surface area contributed by atoms with Crippen LogP contribution >= 0.6 is 23.1 Å². The van der Waals surface area contributed by atoms with Gasteiger partial charge < -0.3 is 9.72 Å². The minimum Gasteiger partial charge on any atom is -0.369 e. The van der Waals surface area contributed by atoms with Gasteiger partial charge in [0.2, 0.25) is 0 Å². The molecule has 1 N–H and O–H groups in total. The molecule has 2 aromatic rings. The lowest BCUT2D eigenvalue weighted by molar-refractivity contribution is -0.0543. The maximum atomic E-state index is 12.4. The van der Waals surface area contributed by atoms with Crippen LogP contribution in [0, 0.1) is 0 Å². The highest BCUT2D eigenvalue weighted by Crippen LogP contribution is 2.38. The largest absolute Gasteiger partial charge is 0.369 e. The van der Waals surface area contributed by atoms with Crippen molar-refractivity contribution in [1.29, 1.82) is 0 Å². The third kappa shape index (κ3) is 2.29. The van der Waals surface area contributed by atoms with E-state index in [4.69, 9.17) is 4.74 Å². The minimum atomic E-state index is -0.162. The van der Waals surface area contributed by atoms with Crippen LogP contribution in [0.25, 0.3) is 10.2 Å². The van der Waals surface area contributed by atoms with E-state index in [1.54, 1.807) is 23.1 Å². The Hall–Kier alpha value is -0.850. The van der Waals surface area contributed by atoms with E-state index >= 15 is 0 Å². The molecule has 0 aliphatic carbocycles. The Bertz CT molecular complexity index is 707. The first-order chi connectivity index (χ1) is 9.56. The van der Waals surface area contributed by atoms with Crippen LogP contribution in [0.15, 0.2) is 9.95 Å². The molecule has 0 bridgehead atoms. The van der Waals surface area contributed by atoms with Crippen LogP contribution in [0.2, 0.25) is 0 Å². The van der Waals surface area contributed by atoms with Crippen molar-refractivity contribution in [2.24, 2.45) is 0 Å². The number of aromatic nitrogens is 2. The lowest BCUT2D eigenvalue weighted by Gasteiger charge is -2.32. The normalized spacial score (nSPS) is 22.1. The Kier molecular flexibility index (Phi) is 3.64. The summed E-state index contributed by atoms with van der Waals surface area (Å²) >= 11 is 3.16. The molecule has 1 aliphatic rings. The topological polar surface area (TPSA) is 55.0 Å². The van der Waals surface area contributed by atoms with E-state index in [2.05, 4.69) is 30.7 Å². The summed E-state index contributed by atoms with van der Waals surface area (Å²) in [7, 11) is 0. The second kappa shape index (κ2) is 5.16. The second-order valence-electron chi connectivity index (χ2n) is 5.26. The molecule has 3 rings (SSSR count). The average Bonchev–Trinajstić information content (AvgIpc) is 2.77. The maximum absolute atomic E-state index is 12.4. The Morgan fingerprint density at radius 3 is 3.00 bits per heavy atom. The molecule has 0 spiro atoms. The van der Waals surface area contributed by atoms with Crippen LogP contribution in [0.4, 0.5) is 0 Å². The van der Waals surface area contributed by atoms with Crippen molar-refractivity contribution in [1.82, 2.24) is 9.97 Å². The summed E-state index contributed by atoms with van der Waals surface area (Å²) in [5, 5.41) is 1.48. The molecular weight excluding hydrogens is 292 g/mol. The van der Waals surface area contributed by atoms with Gasteiger partial charge in [-0.2, -0.15) is 0 Å². The lowest BCUT2D eigenvalue weighted by atomic mass is 9.90. The van der Waals surface area contributed by atoms with Gasteiger partial charge in [0.1, 0.15) is 4.83 Å². The number of rotatable bonds is 3. The highest BCUT2D eigenvalue weighted by molar-refractivity contribution is 7.99. The Morgan fingerprint density at radius 2 is 2.30 bits per heavy atom. The van der Waals surface area contributed by atoms with E-state index in [1.165, 1.54) is 0 Å². The zero-order chi connectivity index (χ0) is 14.3. The number of thioether (sulfide) groups is 1. The number of hydrogen-bond donors (Lipinski definition) is 1. The highest BCUT2D eigenvalue weighted by Gasteiger charge is 2.32. The predicted molar refractivity (Wildman–Crippen MR) is 83.8 cm³/mol. The fourth-order valence-electron chi connectivity index (χ4n) is 2.49. The monoisotopic (exact) mass is 310 g/mol. The number of thiophene rings is 1. The van der Waals surface area contributed by atoms with Crippen molar-refractivity contribution < 1.29 is 4.74 Å². The van der Waals surface area contributed by atoms with Gasteiger partial charge in [0.05, 0.1) is 17.6 Å². The standard InChI is InChI=1S/C14H18N2O2S2/c1-4-14(3)6-8-9(7-18-14)20-12-10(8)11(17)15-13(16-12)19-5-2/h4-7H2,1-3H3,(H,15,16,17)/t14-/m0/s1. The number of nitrogens with zero attached hydrogens (tertiary/aromatic N) is 1. The molecule has 2 aromatic heterocycles. The summed E-state index contributed by atoms with van der Waals surface area (Å²) in [6.07, 6.45) is 1.74. The zero-order valence-electron chi connectivity index (χ0n) is 11.9. The SMILES string of the molecule is CCSc1nc2sc3c(c2c(=O)[nH]1)C[C@](C)(CC)OC3. The summed E-state index contributed by atoms with van der Waals surface area (Å²) in [6, 6.07) is 0. The Morgan fingerprint density at radius 1 is 1.50 bits per heavy atom. The van der Waals surface area contributed by atoms with Gasteiger partial charge in [0, 0.05) is 11.3 Å². The van der Waals surface area contributed by atoms with Crippen LogP contribution in [0.5, 0.6) is 0 Å². The van der Waals surface area contributed by atoms with Crippen LogP contribution in [-0.2, 0) is 17.8 Å². The minimum absolute atomic E-state index is 0.0104. The molecule has 6 heteroatoms. The Labute approximate surface area is 126 Å². The van der Waals surface area contributed by atoms with Crippen LogP contribution in [0.1, 0.15) is 37.6 Å². The van der Waals surface area contributed by atoms with Gasteiger partial charge >= 0.3 is 0 Å². The van der Waals surface area contributed by atoms with Crippen molar-refractivity contribution in [2.75, 3.05) is 5.75 Å². The van der Waals surface area contributed by atoms with E-state index in [0.29, 0.717) is 11.8 Å². The van der Waals surface area contributed by atoms with Gasteiger partial charge in [0.25, 0.3) is 5.56 Å². The molecule has 1 atom stereocenters. The molecular formula is C14H18N2O2S2. The highest BCUT2D eigenvalue weighted by atomic mass is 32.2. The van der Waals surface area contributed by atoms with Crippen molar-refractivity contribution in [2.45, 2.75) is 51.0 Å². The van der Waals surface area contributed by atoms with E-state index in [-0.39, 0.29) is 11.2 Å². The average molecular weight is 310 g/mol. The molecule has 4 nitrogen and oxygen atoms in total. The fraction of sp³-hybridized carbons (Fsp3) is 0.571. The van der Waals surface area contributed by atoms with Crippen LogP contribution < -0.4 is 5.56 Å². The summed E-state index contributed by atoms with van der Waals surface area (Å²) in [4.78, 5) is 21.8. The number of aromatic amines is 1. The zero-order valence-corrected chi connectivity index (χ0v) is 13.5. The molecule has 0 aromatic carbocycles. The van der Waals surface area contributed by atoms with E-state index < -0.39 is 0 Å². The summed E-state index contributed by atoms with van der Waals surface area (Å²) < 4.78 is 5.95. The number of H-pyrrole nitrogens is 1. The fourth-order valence-corrected chi connectivity index (χ4v) is 4.25. The summed E-state index contributed by atoms with van der Waals surface area (Å²) in [6.45, 7) is 6.88. The Balaban J connectivity index is 2.15. The van der Waals surface area contributed by atoms with E-state index in [9.17, 15) is 4.79 Å². The number of hydrogen-bond acceptors (Lipinski definition) is 5. The molecule has 108 valence electrons. The molecule has 3 heterocycles. The molecule has 20 heavy (non-hydrogen) atoms. The van der Waals surface area contributed by atoms with Gasteiger partial charge in [0.15, 0.2) is 5.16 Å². The number of fused-ring (bicyclic) bond motifs is 3. The van der Waals surface area contributed by atoms with Crippen LogP contribution in [-0.4, -0.2) is 21.3 Å².